The van der Waals surface area contributed by atoms with E-state index in [1.165, 1.54) is 43.8 Å². The third-order valence-electron chi connectivity index (χ3n) is 4.67. The summed E-state index contributed by atoms with van der Waals surface area (Å²) < 4.78 is 0. The Morgan fingerprint density at radius 1 is 0.565 bits per heavy atom. The Hall–Kier alpha value is -2.60. The maximum absolute atomic E-state index is 2.33. The molecule has 0 saturated carbocycles. The first-order valence-electron chi connectivity index (χ1n) is 8.17. The second-order valence-electron chi connectivity index (χ2n) is 6.44. The molecule has 0 aliphatic heterocycles. The normalized spacial score (nSPS) is 11.2. The van der Waals surface area contributed by atoms with Gasteiger partial charge in [-0.2, -0.15) is 0 Å². The van der Waals surface area contributed by atoms with E-state index in [2.05, 4.69) is 86.6 Å². The maximum atomic E-state index is 2.33. The molecule has 0 aromatic heterocycles. The van der Waals surface area contributed by atoms with Crippen molar-refractivity contribution in [3.8, 4) is 0 Å². The summed E-state index contributed by atoms with van der Waals surface area (Å²) in [7, 11) is 0. The van der Waals surface area contributed by atoms with Gasteiger partial charge in [0.25, 0.3) is 0 Å². The molecule has 0 spiro atoms. The summed E-state index contributed by atoms with van der Waals surface area (Å²) in [6.07, 6.45) is 0.983. The lowest BCUT2D eigenvalue weighted by Crippen LogP contribution is -1.92. The molecule has 0 amide bonds. The van der Waals surface area contributed by atoms with Crippen LogP contribution in [-0.2, 0) is 6.42 Å². The van der Waals surface area contributed by atoms with Gasteiger partial charge in [0.2, 0.25) is 0 Å². The van der Waals surface area contributed by atoms with Gasteiger partial charge in [0.1, 0.15) is 0 Å². The molecule has 0 heteroatoms. The van der Waals surface area contributed by atoms with Crippen molar-refractivity contribution in [1.29, 1.82) is 0 Å². The highest BCUT2D eigenvalue weighted by atomic mass is 14.1. The highest BCUT2D eigenvalue weighted by Gasteiger charge is 2.04. The van der Waals surface area contributed by atoms with Crippen molar-refractivity contribution >= 4 is 21.5 Å². The van der Waals surface area contributed by atoms with Gasteiger partial charge in [-0.3, -0.25) is 0 Å². The SMILES string of the molecule is Cc1cc(Cc2cc(C)c3ccccc3c2)cc2ccccc12. The average molecular weight is 296 g/mol. The van der Waals surface area contributed by atoms with E-state index < -0.39 is 0 Å². The van der Waals surface area contributed by atoms with E-state index in [9.17, 15) is 0 Å². The van der Waals surface area contributed by atoms with Crippen molar-refractivity contribution in [2.75, 3.05) is 0 Å². The summed E-state index contributed by atoms with van der Waals surface area (Å²) in [6.45, 7) is 4.41. The molecular weight excluding hydrogens is 276 g/mol. The Kier molecular flexibility index (Phi) is 3.38. The molecule has 23 heavy (non-hydrogen) atoms. The van der Waals surface area contributed by atoms with Gasteiger partial charge in [-0.25, -0.2) is 0 Å². The molecule has 0 saturated heterocycles. The number of aryl methyl sites for hydroxylation is 2. The fraction of sp³-hybridized carbons (Fsp3) is 0.130. The van der Waals surface area contributed by atoms with Crippen molar-refractivity contribution in [3.63, 3.8) is 0 Å². The molecule has 0 heterocycles. The van der Waals surface area contributed by atoms with Crippen molar-refractivity contribution in [3.05, 3.63) is 95.1 Å². The van der Waals surface area contributed by atoms with E-state index >= 15 is 0 Å². The van der Waals surface area contributed by atoms with Crippen molar-refractivity contribution in [2.45, 2.75) is 20.3 Å². The first-order chi connectivity index (χ1) is 11.2. The van der Waals surface area contributed by atoms with Crippen LogP contribution in [-0.4, -0.2) is 0 Å². The molecule has 4 aromatic carbocycles. The van der Waals surface area contributed by atoms with E-state index in [0.29, 0.717) is 0 Å². The molecule has 0 unspecified atom stereocenters. The Morgan fingerprint density at radius 3 is 1.48 bits per heavy atom. The zero-order valence-corrected chi connectivity index (χ0v) is 13.6. The van der Waals surface area contributed by atoms with Gasteiger partial charge in [-0.15, -0.1) is 0 Å². The Labute approximate surface area is 137 Å². The lowest BCUT2D eigenvalue weighted by molar-refractivity contribution is 1.19. The Balaban J connectivity index is 1.78. The van der Waals surface area contributed by atoms with Crippen molar-refractivity contribution in [2.24, 2.45) is 0 Å². The number of fused-ring (bicyclic) bond motifs is 2. The minimum Gasteiger partial charge on any atom is -0.0616 e. The minimum atomic E-state index is 0.983. The topological polar surface area (TPSA) is 0 Å². The molecule has 4 rings (SSSR count). The number of hydrogen-bond acceptors (Lipinski definition) is 0. The van der Waals surface area contributed by atoms with Crippen LogP contribution in [0.5, 0.6) is 0 Å². The molecule has 0 N–H and O–H groups in total. The van der Waals surface area contributed by atoms with Gasteiger partial charge in [0.05, 0.1) is 0 Å². The molecule has 0 atom stereocenters. The van der Waals surface area contributed by atoms with Gasteiger partial charge in [-0.05, 0) is 64.1 Å². The van der Waals surface area contributed by atoms with E-state index in [1.54, 1.807) is 0 Å². The molecule has 4 aromatic rings. The predicted octanol–water partition coefficient (Wildman–Crippen LogP) is 6.20. The number of benzene rings is 4. The summed E-state index contributed by atoms with van der Waals surface area (Å²) in [4.78, 5) is 0. The van der Waals surface area contributed by atoms with Gasteiger partial charge in [-0.1, -0.05) is 72.8 Å². The fourth-order valence-corrected chi connectivity index (χ4v) is 3.60. The monoisotopic (exact) mass is 296 g/mol. The summed E-state index contributed by atoms with van der Waals surface area (Å²) >= 11 is 0. The number of rotatable bonds is 2. The van der Waals surface area contributed by atoms with Gasteiger partial charge < -0.3 is 0 Å². The lowest BCUT2D eigenvalue weighted by Gasteiger charge is -2.10. The van der Waals surface area contributed by atoms with Crippen molar-refractivity contribution in [1.82, 2.24) is 0 Å². The Morgan fingerprint density at radius 2 is 1.00 bits per heavy atom. The molecule has 0 aliphatic rings. The van der Waals surface area contributed by atoms with Gasteiger partial charge in [0, 0.05) is 0 Å². The fourth-order valence-electron chi connectivity index (χ4n) is 3.60. The van der Waals surface area contributed by atoms with Crippen LogP contribution in [0.15, 0.2) is 72.8 Å². The molecule has 0 nitrogen and oxygen atoms in total. The van der Waals surface area contributed by atoms with Gasteiger partial charge in [0.15, 0.2) is 0 Å². The van der Waals surface area contributed by atoms with E-state index in [0.717, 1.165) is 6.42 Å². The largest absolute Gasteiger partial charge is 0.0616 e. The summed E-state index contributed by atoms with van der Waals surface area (Å²) in [5, 5.41) is 5.37. The lowest BCUT2D eigenvalue weighted by atomic mass is 9.95. The van der Waals surface area contributed by atoms with E-state index in [4.69, 9.17) is 0 Å². The summed E-state index contributed by atoms with van der Waals surface area (Å²) in [5.74, 6) is 0. The molecule has 0 aliphatic carbocycles. The smallest absolute Gasteiger partial charge is 0.00251 e. The first-order valence-corrected chi connectivity index (χ1v) is 8.17. The third kappa shape index (κ3) is 2.61. The zero-order valence-electron chi connectivity index (χ0n) is 13.6. The third-order valence-corrected chi connectivity index (χ3v) is 4.67. The van der Waals surface area contributed by atoms with Crippen LogP contribution in [0, 0.1) is 13.8 Å². The Bertz CT molecular complexity index is 926. The van der Waals surface area contributed by atoms with Crippen LogP contribution >= 0.6 is 0 Å². The number of hydrogen-bond donors (Lipinski definition) is 0. The quantitative estimate of drug-likeness (QED) is 0.413. The van der Waals surface area contributed by atoms with Crippen LogP contribution in [0.25, 0.3) is 21.5 Å². The first kappa shape index (κ1) is 14.0. The van der Waals surface area contributed by atoms with Crippen LogP contribution in [0.1, 0.15) is 22.3 Å². The maximum Gasteiger partial charge on any atom is -0.00251 e. The minimum absolute atomic E-state index is 0.983. The van der Waals surface area contributed by atoms with Gasteiger partial charge >= 0.3 is 0 Å². The van der Waals surface area contributed by atoms with E-state index in [1.807, 2.05) is 0 Å². The summed E-state index contributed by atoms with van der Waals surface area (Å²) in [5.41, 5.74) is 5.48. The standard InChI is InChI=1S/C23H20/c1-16-11-18(14-20-7-3-5-9-22(16)20)13-19-12-17(2)23-10-6-4-8-21(23)15-19/h3-12,14-15H,13H2,1-2H3. The molecular formula is C23H20. The molecule has 0 bridgehead atoms. The highest BCUT2D eigenvalue weighted by Crippen LogP contribution is 2.25. The highest BCUT2D eigenvalue weighted by molar-refractivity contribution is 5.87. The van der Waals surface area contributed by atoms with Crippen LogP contribution in [0.2, 0.25) is 0 Å². The van der Waals surface area contributed by atoms with Crippen LogP contribution in [0.4, 0.5) is 0 Å². The molecule has 0 fully saturated rings. The average Bonchev–Trinajstić information content (AvgIpc) is 2.55. The molecule has 0 radical (unpaired) electrons. The molecule has 112 valence electrons. The predicted molar refractivity (Wildman–Crippen MR) is 100 cm³/mol. The second-order valence-corrected chi connectivity index (χ2v) is 6.44. The van der Waals surface area contributed by atoms with Crippen molar-refractivity contribution < 1.29 is 0 Å². The van der Waals surface area contributed by atoms with E-state index in [-0.39, 0.29) is 0 Å². The second kappa shape index (κ2) is 5.55. The zero-order chi connectivity index (χ0) is 15.8. The van der Waals surface area contributed by atoms with Crippen LogP contribution in [0.3, 0.4) is 0 Å². The van der Waals surface area contributed by atoms with Crippen LogP contribution < -0.4 is 0 Å². The summed E-state index contributed by atoms with van der Waals surface area (Å²) in [6, 6.07) is 26.6.